The molecule has 1 unspecified atom stereocenters. The van der Waals surface area contributed by atoms with Crippen molar-refractivity contribution in [2.45, 2.75) is 36.4 Å². The lowest BCUT2D eigenvalue weighted by Crippen LogP contribution is -2.25. The van der Waals surface area contributed by atoms with Crippen LogP contribution in [-0.4, -0.2) is 28.6 Å². The number of anilines is 1. The van der Waals surface area contributed by atoms with E-state index >= 15 is 0 Å². The number of ether oxygens (including phenoxy) is 1. The van der Waals surface area contributed by atoms with Crippen LogP contribution >= 0.6 is 0 Å². The summed E-state index contributed by atoms with van der Waals surface area (Å²) in [5.41, 5.74) is 1.18. The number of nitrogens with one attached hydrogen (secondary N) is 1. The third-order valence-electron chi connectivity index (χ3n) is 4.71. The molecule has 156 valence electrons. The molecule has 0 aromatic heterocycles. The van der Waals surface area contributed by atoms with Crippen LogP contribution in [0.3, 0.4) is 0 Å². The second-order valence-corrected chi connectivity index (χ2v) is 8.67. The molecule has 0 radical (unpaired) electrons. The van der Waals surface area contributed by atoms with E-state index in [9.17, 15) is 22.2 Å². The second kappa shape index (κ2) is 9.54. The summed E-state index contributed by atoms with van der Waals surface area (Å²) in [5, 5.41) is 2.87. The van der Waals surface area contributed by atoms with Gasteiger partial charge in [0, 0.05) is 40.7 Å². The summed E-state index contributed by atoms with van der Waals surface area (Å²) in [6, 6.07) is 11.7. The Labute approximate surface area is 169 Å². The Morgan fingerprint density at radius 2 is 1.76 bits per heavy atom. The van der Waals surface area contributed by atoms with E-state index in [1.807, 2.05) is 6.07 Å². The topological polar surface area (TPSA) is 55.4 Å². The second-order valence-electron chi connectivity index (χ2n) is 6.96. The Morgan fingerprint density at radius 1 is 1.07 bits per heavy atom. The van der Waals surface area contributed by atoms with Crippen LogP contribution in [0.25, 0.3) is 0 Å². The van der Waals surface area contributed by atoms with Crippen LogP contribution in [-0.2, 0) is 38.7 Å². The van der Waals surface area contributed by atoms with Crippen LogP contribution in [0.4, 0.5) is 18.9 Å². The molecular formula is C21H22F3NO3S. The molecule has 1 heterocycles. The van der Waals surface area contributed by atoms with E-state index in [4.69, 9.17) is 4.74 Å². The van der Waals surface area contributed by atoms with Crippen LogP contribution in [0.15, 0.2) is 48.5 Å². The molecule has 1 fully saturated rings. The lowest BCUT2D eigenvalue weighted by molar-refractivity contribution is -0.137. The maximum absolute atomic E-state index is 12.6. The smallest absolute Gasteiger partial charge is 0.381 e. The van der Waals surface area contributed by atoms with Gasteiger partial charge in [-0.2, -0.15) is 13.2 Å². The van der Waals surface area contributed by atoms with Gasteiger partial charge in [0.05, 0.1) is 12.0 Å². The first-order valence-electron chi connectivity index (χ1n) is 9.31. The lowest BCUT2D eigenvalue weighted by Gasteiger charge is -2.21. The maximum atomic E-state index is 12.6. The van der Waals surface area contributed by atoms with E-state index in [2.05, 4.69) is 5.32 Å². The van der Waals surface area contributed by atoms with Gasteiger partial charge in [0.15, 0.2) is 0 Å². The highest BCUT2D eigenvalue weighted by Crippen LogP contribution is 2.29. The first kappa shape index (κ1) is 21.5. The molecule has 1 atom stereocenters. The summed E-state index contributed by atoms with van der Waals surface area (Å²) in [6.07, 6.45) is -2.85. The van der Waals surface area contributed by atoms with Gasteiger partial charge in [0.25, 0.3) is 0 Å². The van der Waals surface area contributed by atoms with Crippen molar-refractivity contribution in [3.8, 4) is 0 Å². The van der Waals surface area contributed by atoms with E-state index in [0.717, 1.165) is 30.5 Å². The van der Waals surface area contributed by atoms with Crippen molar-refractivity contribution in [1.82, 2.24) is 0 Å². The zero-order valence-corrected chi connectivity index (χ0v) is 16.5. The number of rotatable bonds is 6. The summed E-state index contributed by atoms with van der Waals surface area (Å²) in [6.45, 7) is 1.27. The Bertz CT molecular complexity index is 862. The van der Waals surface area contributed by atoms with Crippen LogP contribution in [0.5, 0.6) is 0 Å². The van der Waals surface area contributed by atoms with Crippen molar-refractivity contribution in [3.05, 3.63) is 65.2 Å². The molecule has 0 aliphatic carbocycles. The van der Waals surface area contributed by atoms with Gasteiger partial charge in [0.2, 0.25) is 5.91 Å². The van der Waals surface area contributed by atoms with Crippen molar-refractivity contribution in [2.24, 2.45) is 0 Å². The van der Waals surface area contributed by atoms with Gasteiger partial charge in [-0.15, -0.1) is 0 Å². The molecule has 2 aromatic rings. The highest BCUT2D eigenvalue weighted by Gasteiger charge is 2.30. The van der Waals surface area contributed by atoms with Gasteiger partial charge in [-0.25, -0.2) is 0 Å². The molecule has 0 spiro atoms. The summed E-state index contributed by atoms with van der Waals surface area (Å²) in [4.78, 5) is 12.2. The predicted molar refractivity (Wildman–Crippen MR) is 106 cm³/mol. The van der Waals surface area contributed by atoms with Crippen molar-refractivity contribution in [3.63, 3.8) is 0 Å². The Hall–Kier alpha value is -2.19. The van der Waals surface area contributed by atoms with Crippen molar-refractivity contribution in [2.75, 3.05) is 18.5 Å². The average Bonchev–Trinajstić information content (AvgIpc) is 2.68. The molecule has 1 amide bonds. The standard InChI is InChI=1S/C21H22F3NO3S/c22-21(23,24)17-6-4-15(5-7-17)13-20(26)25-18-3-1-2-16(12-18)14-29(27)19-8-10-28-11-9-19/h1-7,12,19H,8-11,13-14H2,(H,25,26). The largest absolute Gasteiger partial charge is 0.416 e. The molecule has 1 aliphatic rings. The number of carbonyl (C=O) groups excluding carboxylic acids is 1. The Kier molecular flexibility index (Phi) is 7.08. The van der Waals surface area contributed by atoms with Crippen molar-refractivity contribution in [1.29, 1.82) is 0 Å². The molecular weight excluding hydrogens is 403 g/mol. The molecule has 0 bridgehead atoms. The fourth-order valence-electron chi connectivity index (χ4n) is 3.16. The van der Waals surface area contributed by atoms with E-state index in [0.29, 0.717) is 30.2 Å². The third kappa shape index (κ3) is 6.40. The molecule has 3 rings (SSSR count). The molecule has 1 N–H and O–H groups in total. The minimum Gasteiger partial charge on any atom is -0.381 e. The molecule has 8 heteroatoms. The lowest BCUT2D eigenvalue weighted by atomic mass is 10.1. The summed E-state index contributed by atoms with van der Waals surface area (Å²) < 4.78 is 55.7. The normalized spacial score (nSPS) is 16.4. The molecule has 1 saturated heterocycles. The maximum Gasteiger partial charge on any atom is 0.416 e. The Morgan fingerprint density at radius 3 is 2.41 bits per heavy atom. The van der Waals surface area contributed by atoms with Crippen LogP contribution in [0.2, 0.25) is 0 Å². The zero-order chi connectivity index (χ0) is 20.9. The van der Waals surface area contributed by atoms with Crippen LogP contribution in [0, 0.1) is 0 Å². The minimum absolute atomic E-state index is 0.0314. The number of halogens is 3. The quantitative estimate of drug-likeness (QED) is 0.750. The minimum atomic E-state index is -4.40. The van der Waals surface area contributed by atoms with Crippen molar-refractivity contribution < 1.29 is 26.9 Å². The average molecular weight is 425 g/mol. The predicted octanol–water partition coefficient (Wildman–Crippen LogP) is 4.31. The van der Waals surface area contributed by atoms with Gasteiger partial charge in [-0.3, -0.25) is 9.00 Å². The molecule has 29 heavy (non-hydrogen) atoms. The number of hydrogen-bond acceptors (Lipinski definition) is 3. The number of hydrogen-bond donors (Lipinski definition) is 1. The van der Waals surface area contributed by atoms with Crippen molar-refractivity contribution >= 4 is 22.4 Å². The van der Waals surface area contributed by atoms with E-state index in [1.54, 1.807) is 18.2 Å². The van der Waals surface area contributed by atoms with E-state index in [1.165, 1.54) is 12.1 Å². The number of amides is 1. The summed E-state index contributed by atoms with van der Waals surface area (Å²) in [5.74, 6) is 0.0836. The molecule has 0 saturated carbocycles. The molecule has 2 aromatic carbocycles. The Balaban J connectivity index is 1.56. The van der Waals surface area contributed by atoms with Gasteiger partial charge >= 0.3 is 6.18 Å². The summed E-state index contributed by atoms with van der Waals surface area (Å²) in [7, 11) is -1.00. The fourth-order valence-corrected chi connectivity index (χ4v) is 4.62. The highest BCUT2D eigenvalue weighted by atomic mass is 32.2. The number of benzene rings is 2. The highest BCUT2D eigenvalue weighted by molar-refractivity contribution is 7.84. The SMILES string of the molecule is O=C(Cc1ccc(C(F)(F)F)cc1)Nc1cccc(CS(=O)C2CCOCC2)c1. The first-order valence-corrected chi connectivity index (χ1v) is 10.7. The van der Waals surface area contributed by atoms with Gasteiger partial charge in [-0.1, -0.05) is 24.3 Å². The van der Waals surface area contributed by atoms with E-state index in [-0.39, 0.29) is 17.6 Å². The van der Waals surface area contributed by atoms with E-state index < -0.39 is 22.5 Å². The third-order valence-corrected chi connectivity index (χ3v) is 6.54. The number of alkyl halides is 3. The van der Waals surface area contributed by atoms with Crippen LogP contribution in [0.1, 0.15) is 29.5 Å². The zero-order valence-electron chi connectivity index (χ0n) is 15.7. The van der Waals surface area contributed by atoms with Gasteiger partial charge in [0.1, 0.15) is 0 Å². The fraction of sp³-hybridized carbons (Fsp3) is 0.381. The molecule has 1 aliphatic heterocycles. The van der Waals surface area contributed by atoms with Gasteiger partial charge < -0.3 is 10.1 Å². The summed E-state index contributed by atoms with van der Waals surface area (Å²) >= 11 is 0. The number of carbonyl (C=O) groups is 1. The molecule has 4 nitrogen and oxygen atoms in total. The van der Waals surface area contributed by atoms with Crippen LogP contribution < -0.4 is 5.32 Å². The first-order chi connectivity index (χ1) is 13.8. The van der Waals surface area contributed by atoms with Gasteiger partial charge in [-0.05, 0) is 48.2 Å². The monoisotopic (exact) mass is 425 g/mol.